The summed E-state index contributed by atoms with van der Waals surface area (Å²) in [4.78, 5) is 4.27. The van der Waals surface area contributed by atoms with Gasteiger partial charge in [0.2, 0.25) is 9.30 Å². The molecule has 0 aliphatic rings. The Labute approximate surface area is 180 Å². The van der Waals surface area contributed by atoms with Crippen LogP contribution in [0.15, 0.2) is 53.0 Å². The Morgan fingerprint density at radius 2 is 1.38 bits per heavy atom. The van der Waals surface area contributed by atoms with Gasteiger partial charge in [-0.2, -0.15) is 26.3 Å². The minimum atomic E-state index is -4.95. The fraction of sp³-hybridized carbons (Fsp3) is 0.111. The first-order valence-electron chi connectivity index (χ1n) is 8.51. The van der Waals surface area contributed by atoms with Crippen LogP contribution in [-0.2, 0) is 22.4 Å². The number of benzene rings is 2. The zero-order valence-corrected chi connectivity index (χ0v) is 17.1. The standard InChI is InChI=1S/C18H10F6N4O2S2/c19-17(20,21)12-5-11(6-13(7-12)18(22,23)24)9-1-3-10(4-2-9)14-8-26-15-28(14)27-16(31-15)32(25,29)30/h1-8H,(H2,25,29,30). The van der Waals surface area contributed by atoms with Crippen molar-refractivity contribution in [1.29, 1.82) is 0 Å². The van der Waals surface area contributed by atoms with Crippen molar-refractivity contribution in [3.8, 4) is 22.4 Å². The van der Waals surface area contributed by atoms with Crippen LogP contribution < -0.4 is 5.14 Å². The Hall–Kier alpha value is -2.97. The number of hydrogen-bond acceptors (Lipinski definition) is 5. The van der Waals surface area contributed by atoms with Gasteiger partial charge in [-0.15, -0.1) is 5.10 Å². The number of nitrogens with zero attached hydrogens (tertiary/aromatic N) is 3. The molecule has 2 N–H and O–H groups in total. The number of primary sulfonamides is 1. The molecular formula is C18H10F6N4O2S2. The average molecular weight is 492 g/mol. The van der Waals surface area contributed by atoms with Crippen LogP contribution in [0.1, 0.15) is 11.1 Å². The molecule has 4 aromatic rings. The van der Waals surface area contributed by atoms with Gasteiger partial charge in [0.15, 0.2) is 0 Å². The fourth-order valence-electron chi connectivity index (χ4n) is 2.94. The summed E-state index contributed by atoms with van der Waals surface area (Å²) in [6, 6.07) is 6.92. The summed E-state index contributed by atoms with van der Waals surface area (Å²) in [5, 5.41) is 8.95. The number of sulfonamides is 1. The molecule has 6 nitrogen and oxygen atoms in total. The molecule has 2 aromatic heterocycles. The topological polar surface area (TPSA) is 90.4 Å². The third kappa shape index (κ3) is 4.20. The monoisotopic (exact) mass is 492 g/mol. The second-order valence-corrected chi connectivity index (χ2v) is 9.31. The number of aromatic nitrogens is 3. The number of imidazole rings is 1. The highest BCUT2D eigenvalue weighted by Gasteiger charge is 2.37. The van der Waals surface area contributed by atoms with Crippen LogP contribution in [0.4, 0.5) is 26.3 Å². The number of rotatable bonds is 3. The summed E-state index contributed by atoms with van der Waals surface area (Å²) in [6.45, 7) is 0. The van der Waals surface area contributed by atoms with E-state index in [-0.39, 0.29) is 26.5 Å². The van der Waals surface area contributed by atoms with E-state index in [9.17, 15) is 34.8 Å². The highest BCUT2D eigenvalue weighted by molar-refractivity contribution is 7.91. The van der Waals surface area contributed by atoms with Crippen LogP contribution in [0, 0.1) is 0 Å². The zero-order chi connectivity index (χ0) is 23.5. The summed E-state index contributed by atoms with van der Waals surface area (Å²) in [7, 11) is -4.05. The summed E-state index contributed by atoms with van der Waals surface area (Å²) < 4.78 is 102. The van der Waals surface area contributed by atoms with E-state index in [2.05, 4.69) is 10.1 Å². The molecule has 0 radical (unpaired) electrons. The van der Waals surface area contributed by atoms with E-state index in [1.54, 1.807) is 0 Å². The molecule has 0 aliphatic heterocycles. The van der Waals surface area contributed by atoms with Gasteiger partial charge in [-0.1, -0.05) is 35.6 Å². The van der Waals surface area contributed by atoms with Crippen molar-refractivity contribution < 1.29 is 34.8 Å². The second kappa shape index (κ2) is 7.28. The van der Waals surface area contributed by atoms with Gasteiger partial charge in [0.05, 0.1) is 23.0 Å². The lowest BCUT2D eigenvalue weighted by Gasteiger charge is -2.14. The second-order valence-electron chi connectivity index (χ2n) is 6.62. The van der Waals surface area contributed by atoms with Gasteiger partial charge >= 0.3 is 12.4 Å². The molecule has 0 aliphatic carbocycles. The van der Waals surface area contributed by atoms with Crippen molar-refractivity contribution in [3.05, 3.63) is 59.8 Å². The van der Waals surface area contributed by atoms with Crippen LogP contribution in [-0.4, -0.2) is 23.0 Å². The van der Waals surface area contributed by atoms with E-state index in [0.29, 0.717) is 23.4 Å². The number of halogens is 6. The first-order valence-corrected chi connectivity index (χ1v) is 10.9. The summed E-state index contributed by atoms with van der Waals surface area (Å²) >= 11 is 0.742. The van der Waals surface area contributed by atoms with Crippen LogP contribution in [0.25, 0.3) is 27.3 Å². The van der Waals surface area contributed by atoms with Crippen molar-refractivity contribution in [3.63, 3.8) is 0 Å². The lowest BCUT2D eigenvalue weighted by atomic mass is 9.98. The first-order chi connectivity index (χ1) is 14.7. The number of fused-ring (bicyclic) bond motifs is 1. The van der Waals surface area contributed by atoms with Gasteiger partial charge < -0.3 is 0 Å². The number of alkyl halides is 6. The minimum Gasteiger partial charge on any atom is -0.225 e. The maximum absolute atomic E-state index is 13.1. The lowest BCUT2D eigenvalue weighted by Crippen LogP contribution is -2.12. The van der Waals surface area contributed by atoms with Crippen molar-refractivity contribution in [2.24, 2.45) is 5.14 Å². The van der Waals surface area contributed by atoms with E-state index >= 15 is 0 Å². The van der Waals surface area contributed by atoms with Crippen LogP contribution in [0.2, 0.25) is 0 Å². The number of nitrogens with two attached hydrogens (primary N) is 1. The van der Waals surface area contributed by atoms with E-state index < -0.39 is 33.5 Å². The van der Waals surface area contributed by atoms with Gasteiger partial charge in [0, 0.05) is 5.56 Å². The molecule has 0 atom stereocenters. The molecule has 14 heteroatoms. The van der Waals surface area contributed by atoms with E-state index in [4.69, 9.17) is 5.14 Å². The fourth-order valence-corrected chi connectivity index (χ4v) is 4.44. The molecule has 2 aromatic carbocycles. The maximum atomic E-state index is 13.1. The van der Waals surface area contributed by atoms with Crippen LogP contribution in [0.3, 0.4) is 0 Å². The molecule has 0 spiro atoms. The summed E-state index contributed by atoms with van der Waals surface area (Å²) in [6.07, 6.45) is -8.51. The first kappa shape index (κ1) is 22.2. The number of hydrogen-bond donors (Lipinski definition) is 1. The largest absolute Gasteiger partial charge is 0.416 e. The van der Waals surface area contributed by atoms with Crippen molar-refractivity contribution >= 4 is 26.3 Å². The Balaban J connectivity index is 1.77. The van der Waals surface area contributed by atoms with Gasteiger partial charge in [0.25, 0.3) is 10.0 Å². The molecule has 0 saturated heterocycles. The molecule has 0 bridgehead atoms. The van der Waals surface area contributed by atoms with Gasteiger partial charge in [-0.25, -0.2) is 23.1 Å². The predicted octanol–water partition coefficient (Wildman–Crippen LogP) is 4.81. The van der Waals surface area contributed by atoms with E-state index in [1.165, 1.54) is 35.0 Å². The smallest absolute Gasteiger partial charge is 0.225 e. The third-order valence-electron chi connectivity index (χ3n) is 4.41. The predicted molar refractivity (Wildman–Crippen MR) is 103 cm³/mol. The Bertz CT molecular complexity index is 1390. The Kier molecular flexibility index (Phi) is 5.06. The Morgan fingerprint density at radius 1 is 0.844 bits per heavy atom. The van der Waals surface area contributed by atoms with Crippen molar-refractivity contribution in [2.45, 2.75) is 16.7 Å². The molecule has 4 rings (SSSR count). The quantitative estimate of drug-likeness (QED) is 0.416. The molecule has 32 heavy (non-hydrogen) atoms. The molecule has 0 amide bonds. The van der Waals surface area contributed by atoms with Gasteiger partial charge in [-0.05, 0) is 29.3 Å². The molecule has 0 unspecified atom stereocenters. The zero-order valence-electron chi connectivity index (χ0n) is 15.4. The summed E-state index contributed by atoms with van der Waals surface area (Å²) in [5.41, 5.74) is -2.16. The normalized spacial score (nSPS) is 13.1. The molecule has 168 valence electrons. The van der Waals surface area contributed by atoms with Gasteiger partial charge in [0.1, 0.15) is 0 Å². The Morgan fingerprint density at radius 3 is 1.88 bits per heavy atom. The van der Waals surface area contributed by atoms with E-state index in [0.717, 1.165) is 11.3 Å². The van der Waals surface area contributed by atoms with Gasteiger partial charge in [-0.3, -0.25) is 0 Å². The lowest BCUT2D eigenvalue weighted by molar-refractivity contribution is -0.143. The van der Waals surface area contributed by atoms with Crippen molar-refractivity contribution in [1.82, 2.24) is 14.6 Å². The highest BCUT2D eigenvalue weighted by atomic mass is 32.2. The van der Waals surface area contributed by atoms with Crippen LogP contribution in [0.5, 0.6) is 0 Å². The minimum absolute atomic E-state index is 0.0617. The molecule has 0 fully saturated rings. The molecule has 2 heterocycles. The average Bonchev–Trinajstić information content (AvgIpc) is 3.27. The van der Waals surface area contributed by atoms with Crippen molar-refractivity contribution in [2.75, 3.05) is 0 Å². The van der Waals surface area contributed by atoms with Crippen LogP contribution >= 0.6 is 11.3 Å². The van der Waals surface area contributed by atoms with E-state index in [1.807, 2.05) is 0 Å². The third-order valence-corrected chi connectivity index (χ3v) is 6.64. The SMILES string of the molecule is NS(=O)(=O)c1nn2c(-c3ccc(-c4cc(C(F)(F)F)cc(C(F)(F)F)c4)cc3)cnc2s1. The molecule has 0 saturated carbocycles. The highest BCUT2D eigenvalue weighted by Crippen LogP contribution is 2.39. The molecular weight excluding hydrogens is 482 g/mol. The maximum Gasteiger partial charge on any atom is 0.416 e. The summed E-state index contributed by atoms with van der Waals surface area (Å²) in [5.74, 6) is 0.